The Labute approximate surface area is 104 Å². The minimum atomic E-state index is 0.0251. The zero-order chi connectivity index (χ0) is 12.6. The van der Waals surface area contributed by atoms with Crippen molar-refractivity contribution >= 4 is 12.2 Å². The Morgan fingerprint density at radius 3 is 2.29 bits per heavy atom. The lowest BCUT2D eigenvalue weighted by Crippen LogP contribution is -1.90. The number of phenolic OH excluding ortho intramolecular Hbond substituents is 2. The van der Waals surface area contributed by atoms with E-state index in [9.17, 15) is 10.2 Å². The number of nitrogens with one attached hydrogen (secondary N) is 2. The third kappa shape index (κ3) is 2.19. The average Bonchev–Trinajstić information content (AvgIpc) is 2.64. The van der Waals surface area contributed by atoms with E-state index in [0.717, 1.165) is 5.56 Å². The van der Waals surface area contributed by atoms with Gasteiger partial charge < -0.3 is 10.2 Å². The number of H-pyrrole nitrogens is 2. The zero-order valence-corrected chi connectivity index (χ0v) is 10.4. The summed E-state index contributed by atoms with van der Waals surface area (Å²) in [6.07, 6.45) is 0. The molecule has 0 unspecified atom stereocenters. The Morgan fingerprint density at radius 1 is 1.06 bits per heavy atom. The van der Waals surface area contributed by atoms with Crippen LogP contribution in [0.1, 0.15) is 25.3 Å². The van der Waals surface area contributed by atoms with Gasteiger partial charge in [0.15, 0.2) is 0 Å². The van der Waals surface area contributed by atoms with E-state index in [1.807, 2.05) is 13.8 Å². The molecular weight excluding hydrogens is 236 g/mol. The van der Waals surface area contributed by atoms with Gasteiger partial charge in [0.1, 0.15) is 16.1 Å². The van der Waals surface area contributed by atoms with Gasteiger partial charge in [-0.15, -0.1) is 0 Å². The number of aromatic amines is 2. The highest BCUT2D eigenvalue weighted by Crippen LogP contribution is 2.36. The molecular formula is C12H14N2O2S. The first-order valence-electron chi connectivity index (χ1n) is 5.33. The zero-order valence-electron chi connectivity index (χ0n) is 9.61. The Bertz CT molecular complexity index is 599. The Kier molecular flexibility index (Phi) is 2.93. The lowest BCUT2D eigenvalue weighted by atomic mass is 9.98. The number of hydrogen-bond donors (Lipinski definition) is 4. The Hall–Kier alpha value is -1.75. The summed E-state index contributed by atoms with van der Waals surface area (Å²) in [5, 5.41) is 25.2. The highest BCUT2D eigenvalue weighted by atomic mass is 32.1. The van der Waals surface area contributed by atoms with Crippen molar-refractivity contribution in [3.05, 3.63) is 28.4 Å². The second-order valence-corrected chi connectivity index (χ2v) is 4.69. The quantitative estimate of drug-likeness (QED) is 0.618. The van der Waals surface area contributed by atoms with Crippen LogP contribution >= 0.6 is 12.2 Å². The first-order valence-corrected chi connectivity index (χ1v) is 5.74. The van der Waals surface area contributed by atoms with Crippen LogP contribution in [-0.2, 0) is 0 Å². The van der Waals surface area contributed by atoms with Gasteiger partial charge in [-0.2, -0.15) is 0 Å². The van der Waals surface area contributed by atoms with Crippen molar-refractivity contribution < 1.29 is 10.2 Å². The SMILES string of the molecule is CC(C)c1cc(-c2cc(=S)[nH][nH]2)c(O)cc1O. The van der Waals surface area contributed by atoms with E-state index in [1.165, 1.54) is 6.07 Å². The van der Waals surface area contributed by atoms with Gasteiger partial charge >= 0.3 is 0 Å². The van der Waals surface area contributed by atoms with Crippen LogP contribution in [0.25, 0.3) is 11.3 Å². The number of hydrogen-bond acceptors (Lipinski definition) is 3. The van der Waals surface area contributed by atoms with Crippen molar-refractivity contribution in [3.8, 4) is 22.8 Å². The van der Waals surface area contributed by atoms with E-state index in [4.69, 9.17) is 12.2 Å². The molecule has 4 nitrogen and oxygen atoms in total. The molecule has 0 bridgehead atoms. The molecule has 2 aromatic rings. The van der Waals surface area contributed by atoms with Crippen molar-refractivity contribution in [1.29, 1.82) is 0 Å². The molecule has 0 aliphatic carbocycles. The summed E-state index contributed by atoms with van der Waals surface area (Å²) in [5.41, 5.74) is 2.12. The van der Waals surface area contributed by atoms with Gasteiger partial charge in [-0.3, -0.25) is 10.2 Å². The van der Waals surface area contributed by atoms with Crippen molar-refractivity contribution in [1.82, 2.24) is 10.2 Å². The molecule has 1 heterocycles. The van der Waals surface area contributed by atoms with E-state index < -0.39 is 0 Å². The van der Waals surface area contributed by atoms with Gasteiger partial charge in [-0.1, -0.05) is 26.1 Å². The molecule has 4 N–H and O–H groups in total. The topological polar surface area (TPSA) is 72.0 Å². The maximum Gasteiger partial charge on any atom is 0.128 e. The van der Waals surface area contributed by atoms with Crippen molar-refractivity contribution in [2.45, 2.75) is 19.8 Å². The highest BCUT2D eigenvalue weighted by molar-refractivity contribution is 7.71. The molecule has 2 rings (SSSR count). The molecule has 90 valence electrons. The summed E-state index contributed by atoms with van der Waals surface area (Å²) < 4.78 is 0.568. The van der Waals surface area contributed by atoms with Crippen LogP contribution in [0.2, 0.25) is 0 Å². The first-order chi connectivity index (χ1) is 7.99. The lowest BCUT2D eigenvalue weighted by molar-refractivity contribution is 0.445. The Balaban J connectivity index is 2.62. The summed E-state index contributed by atoms with van der Waals surface area (Å²) in [6.45, 7) is 3.96. The highest BCUT2D eigenvalue weighted by Gasteiger charge is 2.13. The third-order valence-corrected chi connectivity index (χ3v) is 2.87. The van der Waals surface area contributed by atoms with Crippen LogP contribution in [0.15, 0.2) is 18.2 Å². The summed E-state index contributed by atoms with van der Waals surface area (Å²) >= 11 is 4.97. The molecule has 0 aliphatic rings. The fourth-order valence-corrected chi connectivity index (χ4v) is 1.92. The van der Waals surface area contributed by atoms with Gasteiger partial charge in [-0.05, 0) is 23.6 Å². The third-order valence-electron chi connectivity index (χ3n) is 2.65. The number of aromatic nitrogens is 2. The predicted molar refractivity (Wildman–Crippen MR) is 68.8 cm³/mol. The van der Waals surface area contributed by atoms with E-state index in [2.05, 4.69) is 10.2 Å². The van der Waals surface area contributed by atoms with Crippen LogP contribution in [-0.4, -0.2) is 20.4 Å². The molecule has 17 heavy (non-hydrogen) atoms. The fraction of sp³-hybridized carbons (Fsp3) is 0.250. The van der Waals surface area contributed by atoms with Crippen LogP contribution < -0.4 is 0 Å². The van der Waals surface area contributed by atoms with Crippen LogP contribution in [0, 0.1) is 4.64 Å². The normalized spacial score (nSPS) is 11.0. The number of rotatable bonds is 2. The van der Waals surface area contributed by atoms with Gasteiger partial charge in [-0.25, -0.2) is 0 Å². The van der Waals surface area contributed by atoms with Gasteiger partial charge in [0.2, 0.25) is 0 Å². The van der Waals surface area contributed by atoms with Gasteiger partial charge in [0, 0.05) is 11.6 Å². The molecule has 0 atom stereocenters. The molecule has 0 fully saturated rings. The molecule has 0 aliphatic heterocycles. The van der Waals surface area contributed by atoms with Crippen LogP contribution in [0.5, 0.6) is 11.5 Å². The second kappa shape index (κ2) is 4.25. The van der Waals surface area contributed by atoms with Gasteiger partial charge in [0.05, 0.1) is 5.69 Å². The molecule has 0 saturated carbocycles. The standard InChI is InChI=1S/C12H14N2O2S/c1-6(2)7-3-8(11(16)5-10(7)15)9-4-12(17)14-13-9/h3-6,15-16H,1-2H3,(H2,13,14,17). The molecule has 5 heteroatoms. The fourth-order valence-electron chi connectivity index (χ4n) is 1.75. The summed E-state index contributed by atoms with van der Waals surface area (Å²) in [4.78, 5) is 0. The van der Waals surface area contributed by atoms with E-state index >= 15 is 0 Å². The molecule has 0 radical (unpaired) electrons. The van der Waals surface area contributed by atoms with E-state index in [-0.39, 0.29) is 17.4 Å². The molecule has 1 aromatic carbocycles. The lowest BCUT2D eigenvalue weighted by Gasteiger charge is -2.11. The molecule has 1 aromatic heterocycles. The summed E-state index contributed by atoms with van der Waals surface area (Å²) in [7, 11) is 0. The minimum absolute atomic E-state index is 0.0251. The van der Waals surface area contributed by atoms with E-state index in [0.29, 0.717) is 15.9 Å². The summed E-state index contributed by atoms with van der Waals surface area (Å²) in [5.74, 6) is 0.309. The van der Waals surface area contributed by atoms with E-state index in [1.54, 1.807) is 12.1 Å². The maximum atomic E-state index is 9.83. The average molecular weight is 250 g/mol. The maximum absolute atomic E-state index is 9.83. The van der Waals surface area contributed by atoms with Crippen LogP contribution in [0.4, 0.5) is 0 Å². The van der Waals surface area contributed by atoms with Crippen molar-refractivity contribution in [2.75, 3.05) is 0 Å². The number of phenols is 2. The van der Waals surface area contributed by atoms with Crippen molar-refractivity contribution in [3.63, 3.8) is 0 Å². The number of aromatic hydroxyl groups is 2. The predicted octanol–water partition coefficient (Wildman–Crippen LogP) is 3.27. The second-order valence-electron chi connectivity index (χ2n) is 4.26. The Morgan fingerprint density at radius 2 is 1.76 bits per heavy atom. The van der Waals surface area contributed by atoms with Crippen molar-refractivity contribution in [2.24, 2.45) is 0 Å². The smallest absolute Gasteiger partial charge is 0.128 e. The molecule has 0 spiro atoms. The largest absolute Gasteiger partial charge is 0.508 e. The molecule has 0 saturated heterocycles. The monoisotopic (exact) mass is 250 g/mol. The molecule has 0 amide bonds. The number of benzene rings is 1. The summed E-state index contributed by atoms with van der Waals surface area (Å²) in [6, 6.07) is 4.85. The first kappa shape index (κ1) is 11.7. The minimum Gasteiger partial charge on any atom is -0.508 e. The van der Waals surface area contributed by atoms with Gasteiger partial charge in [0.25, 0.3) is 0 Å². The van der Waals surface area contributed by atoms with Crippen LogP contribution in [0.3, 0.4) is 0 Å².